The number of halogens is 4. The summed E-state index contributed by atoms with van der Waals surface area (Å²) >= 11 is 11.7. The second-order valence-electron chi connectivity index (χ2n) is 4.09. The van der Waals surface area contributed by atoms with E-state index in [-0.39, 0.29) is 27.1 Å². The minimum Gasteiger partial charge on any atom is -0.478 e. The molecule has 4 N–H and O–H groups in total. The van der Waals surface area contributed by atoms with E-state index < -0.39 is 23.2 Å². The molecule has 0 atom stereocenters. The number of benzene rings is 2. The second-order valence-corrected chi connectivity index (χ2v) is 4.91. The highest BCUT2D eigenvalue weighted by Crippen LogP contribution is 2.36. The van der Waals surface area contributed by atoms with Crippen LogP contribution in [0.15, 0.2) is 24.3 Å². The Kier molecular flexibility index (Phi) is 4.20. The van der Waals surface area contributed by atoms with Gasteiger partial charge >= 0.3 is 5.97 Å². The van der Waals surface area contributed by atoms with Crippen LogP contribution < -0.4 is 11.1 Å². The number of carboxylic acids is 1. The average molecular weight is 333 g/mol. The largest absolute Gasteiger partial charge is 0.478 e. The zero-order chi connectivity index (χ0) is 15.7. The highest BCUT2D eigenvalue weighted by atomic mass is 35.5. The van der Waals surface area contributed by atoms with Crippen LogP contribution in [0.5, 0.6) is 0 Å². The van der Waals surface area contributed by atoms with Gasteiger partial charge in [0.15, 0.2) is 0 Å². The zero-order valence-corrected chi connectivity index (χ0v) is 11.8. The molecule has 21 heavy (non-hydrogen) atoms. The maximum absolute atomic E-state index is 13.6. The van der Waals surface area contributed by atoms with E-state index in [0.717, 1.165) is 24.3 Å². The third-order valence-corrected chi connectivity index (χ3v) is 3.23. The summed E-state index contributed by atoms with van der Waals surface area (Å²) in [6.45, 7) is 0. The van der Waals surface area contributed by atoms with E-state index in [1.54, 1.807) is 0 Å². The van der Waals surface area contributed by atoms with E-state index in [1.165, 1.54) is 0 Å². The first-order chi connectivity index (χ1) is 9.79. The minimum atomic E-state index is -1.44. The van der Waals surface area contributed by atoms with E-state index >= 15 is 0 Å². The van der Waals surface area contributed by atoms with Crippen LogP contribution in [0.3, 0.4) is 0 Å². The van der Waals surface area contributed by atoms with Crippen LogP contribution >= 0.6 is 23.2 Å². The van der Waals surface area contributed by atoms with Gasteiger partial charge in [-0.05, 0) is 18.2 Å². The molecule has 0 unspecified atom stereocenters. The molecule has 0 heterocycles. The first kappa shape index (κ1) is 15.3. The molecule has 0 bridgehead atoms. The summed E-state index contributed by atoms with van der Waals surface area (Å²) < 4.78 is 26.7. The minimum absolute atomic E-state index is 0.0229. The predicted molar refractivity (Wildman–Crippen MR) is 77.5 cm³/mol. The summed E-state index contributed by atoms with van der Waals surface area (Å²) in [5.74, 6) is -3.05. The molecular weight excluding hydrogens is 325 g/mol. The maximum atomic E-state index is 13.6. The molecular formula is C13H8Cl2F2N2O2. The van der Waals surface area contributed by atoms with Crippen molar-refractivity contribution in [3.8, 4) is 0 Å². The number of hydrogen-bond donors (Lipinski definition) is 3. The Bertz CT molecular complexity index is 715. The van der Waals surface area contributed by atoms with Gasteiger partial charge in [0.05, 0.1) is 32.7 Å². The number of anilines is 3. The van der Waals surface area contributed by atoms with E-state index in [1.807, 2.05) is 0 Å². The molecule has 0 saturated carbocycles. The van der Waals surface area contributed by atoms with Crippen molar-refractivity contribution in [2.45, 2.75) is 0 Å². The van der Waals surface area contributed by atoms with Gasteiger partial charge in [0.2, 0.25) is 0 Å². The average Bonchev–Trinajstić information content (AvgIpc) is 2.36. The van der Waals surface area contributed by atoms with Crippen molar-refractivity contribution >= 4 is 46.2 Å². The maximum Gasteiger partial charge on any atom is 0.338 e. The lowest BCUT2D eigenvalue weighted by Gasteiger charge is -2.13. The molecule has 0 amide bonds. The predicted octanol–water partition coefficient (Wildman–Crippen LogP) is 4.30. The normalized spacial score (nSPS) is 10.5. The van der Waals surface area contributed by atoms with Gasteiger partial charge in [-0.2, -0.15) is 0 Å². The molecule has 0 fully saturated rings. The number of nitrogens with two attached hydrogens (primary N) is 1. The van der Waals surface area contributed by atoms with Gasteiger partial charge < -0.3 is 16.2 Å². The van der Waals surface area contributed by atoms with Crippen LogP contribution in [-0.4, -0.2) is 11.1 Å². The number of aromatic carboxylic acids is 1. The van der Waals surface area contributed by atoms with E-state index in [4.69, 9.17) is 34.0 Å². The Balaban J connectivity index is 2.46. The number of carboxylic acid groups (broad SMARTS) is 1. The summed E-state index contributed by atoms with van der Waals surface area (Å²) in [7, 11) is 0. The molecule has 0 aliphatic rings. The van der Waals surface area contributed by atoms with Crippen LogP contribution in [0, 0.1) is 11.6 Å². The van der Waals surface area contributed by atoms with Gasteiger partial charge in [-0.25, -0.2) is 13.6 Å². The Morgan fingerprint density at radius 3 is 2.24 bits per heavy atom. The molecule has 0 aliphatic carbocycles. The fourth-order valence-corrected chi connectivity index (χ4v) is 2.21. The van der Waals surface area contributed by atoms with Gasteiger partial charge in [-0.1, -0.05) is 23.2 Å². The number of hydrogen-bond acceptors (Lipinski definition) is 3. The Morgan fingerprint density at radius 1 is 1.14 bits per heavy atom. The van der Waals surface area contributed by atoms with Crippen molar-refractivity contribution in [1.29, 1.82) is 0 Å². The number of nitrogens with one attached hydrogen (secondary N) is 1. The zero-order valence-electron chi connectivity index (χ0n) is 10.3. The van der Waals surface area contributed by atoms with Gasteiger partial charge in [-0.15, -0.1) is 0 Å². The van der Waals surface area contributed by atoms with Crippen molar-refractivity contribution in [3.63, 3.8) is 0 Å². The van der Waals surface area contributed by atoms with Crippen molar-refractivity contribution in [3.05, 3.63) is 51.5 Å². The van der Waals surface area contributed by atoms with Crippen molar-refractivity contribution in [1.82, 2.24) is 0 Å². The Hall–Kier alpha value is -2.05. The van der Waals surface area contributed by atoms with Crippen LogP contribution in [0.1, 0.15) is 10.4 Å². The highest BCUT2D eigenvalue weighted by molar-refractivity contribution is 6.39. The van der Waals surface area contributed by atoms with E-state index in [9.17, 15) is 13.6 Å². The van der Waals surface area contributed by atoms with E-state index in [0.29, 0.717) is 0 Å². The quantitative estimate of drug-likeness (QED) is 0.732. The topological polar surface area (TPSA) is 75.4 Å². The van der Waals surface area contributed by atoms with Crippen molar-refractivity contribution in [2.24, 2.45) is 0 Å². The Labute approximate surface area is 128 Å². The monoisotopic (exact) mass is 332 g/mol. The number of nitrogen functional groups attached to an aromatic ring is 1. The Morgan fingerprint density at radius 2 is 1.71 bits per heavy atom. The molecule has 110 valence electrons. The van der Waals surface area contributed by atoms with Gasteiger partial charge in [-0.3, -0.25) is 0 Å². The lowest BCUT2D eigenvalue weighted by molar-refractivity contribution is 0.0692. The molecule has 2 aromatic rings. The van der Waals surface area contributed by atoms with Crippen molar-refractivity contribution in [2.75, 3.05) is 11.1 Å². The van der Waals surface area contributed by atoms with Crippen LogP contribution in [0.2, 0.25) is 10.0 Å². The standard InChI is InChI=1S/C13H8Cl2F2N2O2/c14-7-1-5(16)2-8(15)12(7)19-11-4-9(17)6(13(20)21)3-10(11)18/h1-4,19H,18H2,(H,20,21). The van der Waals surface area contributed by atoms with Gasteiger partial charge in [0, 0.05) is 6.07 Å². The first-order valence-electron chi connectivity index (χ1n) is 5.53. The molecule has 0 aliphatic heterocycles. The molecule has 0 spiro atoms. The van der Waals surface area contributed by atoms with E-state index in [2.05, 4.69) is 5.32 Å². The summed E-state index contributed by atoms with van der Waals surface area (Å²) in [5.41, 5.74) is 5.27. The van der Waals surface area contributed by atoms with Gasteiger partial charge in [0.25, 0.3) is 0 Å². The lowest BCUT2D eigenvalue weighted by atomic mass is 10.1. The first-order valence-corrected chi connectivity index (χ1v) is 6.29. The second kappa shape index (κ2) is 5.75. The molecule has 0 aromatic heterocycles. The molecule has 2 aromatic carbocycles. The SMILES string of the molecule is Nc1cc(C(=O)O)c(F)cc1Nc1c(Cl)cc(F)cc1Cl. The number of carbonyl (C=O) groups is 1. The molecule has 0 radical (unpaired) electrons. The third kappa shape index (κ3) is 3.17. The smallest absolute Gasteiger partial charge is 0.338 e. The molecule has 0 saturated heterocycles. The lowest BCUT2D eigenvalue weighted by Crippen LogP contribution is -2.05. The molecule has 8 heteroatoms. The van der Waals surface area contributed by atoms with Crippen LogP contribution in [0.25, 0.3) is 0 Å². The summed E-state index contributed by atoms with van der Waals surface area (Å²) in [5, 5.41) is 11.4. The summed E-state index contributed by atoms with van der Waals surface area (Å²) in [4.78, 5) is 10.8. The van der Waals surface area contributed by atoms with Gasteiger partial charge in [0.1, 0.15) is 11.6 Å². The molecule has 2 rings (SSSR count). The third-order valence-electron chi connectivity index (χ3n) is 2.64. The fraction of sp³-hybridized carbons (Fsp3) is 0. The van der Waals surface area contributed by atoms with Crippen LogP contribution in [0.4, 0.5) is 25.8 Å². The summed E-state index contributed by atoms with van der Waals surface area (Å²) in [6, 6.07) is 3.90. The van der Waals surface area contributed by atoms with Crippen LogP contribution in [-0.2, 0) is 0 Å². The fourth-order valence-electron chi connectivity index (χ4n) is 1.66. The van der Waals surface area contributed by atoms with Crippen molar-refractivity contribution < 1.29 is 18.7 Å². The summed E-state index contributed by atoms with van der Waals surface area (Å²) in [6.07, 6.45) is 0. The molecule has 4 nitrogen and oxygen atoms in total. The number of rotatable bonds is 3. The highest BCUT2D eigenvalue weighted by Gasteiger charge is 2.16.